The number of nitro benzene ring substituents is 1. The second-order valence-corrected chi connectivity index (χ2v) is 9.40. The van der Waals surface area contributed by atoms with Crippen LogP contribution in [0, 0.1) is 10.1 Å². The van der Waals surface area contributed by atoms with Gasteiger partial charge in [0, 0.05) is 33.1 Å². The highest BCUT2D eigenvalue weighted by atomic mass is 79.9. The molecule has 5 aromatic rings. The second-order valence-electron chi connectivity index (χ2n) is 8.54. The lowest BCUT2D eigenvalue weighted by molar-refractivity contribution is -0.384. The van der Waals surface area contributed by atoms with Crippen LogP contribution in [0.15, 0.2) is 114 Å². The summed E-state index contributed by atoms with van der Waals surface area (Å²) in [6.07, 6.45) is -1.30. The van der Waals surface area contributed by atoms with Gasteiger partial charge in [0.15, 0.2) is 0 Å². The summed E-state index contributed by atoms with van der Waals surface area (Å²) < 4.78 is 6.17. The number of para-hydroxylation sites is 1. The molecule has 0 radical (unpaired) electrons. The minimum atomic E-state index is -1.30. The van der Waals surface area contributed by atoms with Crippen LogP contribution in [0.1, 0.15) is 22.0 Å². The molecule has 0 aliphatic rings. The molecule has 0 saturated carbocycles. The summed E-state index contributed by atoms with van der Waals surface area (Å²) in [5, 5.41) is 14.4. The molecule has 0 aliphatic heterocycles. The van der Waals surface area contributed by atoms with Gasteiger partial charge in [0.25, 0.3) is 11.6 Å². The minimum absolute atomic E-state index is 0.135. The number of non-ortho nitro benzene ring substituents is 1. The van der Waals surface area contributed by atoms with E-state index in [1.165, 1.54) is 18.2 Å². The first-order chi connectivity index (χ1) is 18.9. The summed E-state index contributed by atoms with van der Waals surface area (Å²) in [5.74, 6) is -1.32. The number of hydrogen-bond donors (Lipinski definition) is 1. The van der Waals surface area contributed by atoms with Crippen molar-refractivity contribution in [2.24, 2.45) is 0 Å². The first kappa shape index (κ1) is 25.7. The highest BCUT2D eigenvalue weighted by molar-refractivity contribution is 9.10. The van der Waals surface area contributed by atoms with E-state index in [1.54, 1.807) is 48.5 Å². The number of esters is 1. The van der Waals surface area contributed by atoms with E-state index >= 15 is 0 Å². The Balaban J connectivity index is 1.50. The first-order valence-electron chi connectivity index (χ1n) is 11.9. The maximum absolute atomic E-state index is 13.7. The summed E-state index contributed by atoms with van der Waals surface area (Å²) in [5.41, 5.74) is 2.93. The fourth-order valence-electron chi connectivity index (χ4n) is 4.09. The summed E-state index contributed by atoms with van der Waals surface area (Å²) in [7, 11) is 0. The molecular formula is C30H20BrN3O5. The first-order valence-corrected chi connectivity index (χ1v) is 12.7. The molecule has 0 bridgehead atoms. The molecule has 192 valence electrons. The fourth-order valence-corrected chi connectivity index (χ4v) is 4.56. The number of nitrogens with one attached hydrogen (secondary N) is 1. The zero-order valence-electron chi connectivity index (χ0n) is 20.3. The number of aromatic nitrogens is 1. The number of amides is 1. The maximum Gasteiger partial charge on any atom is 0.340 e. The van der Waals surface area contributed by atoms with E-state index in [4.69, 9.17) is 9.72 Å². The Kier molecular flexibility index (Phi) is 7.42. The number of rotatable bonds is 7. The van der Waals surface area contributed by atoms with E-state index in [-0.39, 0.29) is 11.3 Å². The Labute approximate surface area is 231 Å². The van der Waals surface area contributed by atoms with E-state index in [0.717, 1.165) is 5.56 Å². The SMILES string of the molecule is O=C(OC(C(=O)Nc1ccc([N+](=O)[O-])cc1Br)c1ccccc1)c1cc(-c2ccccc2)nc2ccccc12. The van der Waals surface area contributed by atoms with Crippen molar-refractivity contribution in [1.29, 1.82) is 0 Å². The normalized spacial score (nSPS) is 11.5. The minimum Gasteiger partial charge on any atom is -0.444 e. The summed E-state index contributed by atoms with van der Waals surface area (Å²) in [6, 6.07) is 30.9. The fraction of sp³-hybridized carbons (Fsp3) is 0.0333. The standard InChI is InChI=1S/C30H20BrN3O5/c31-24-17-21(34(37)38)15-16-26(24)33-29(35)28(20-11-5-2-6-12-20)39-30(36)23-18-27(19-9-3-1-4-10-19)32-25-14-8-7-13-22(23)25/h1-18,28H,(H,33,35). The van der Waals surface area contributed by atoms with Crippen molar-refractivity contribution in [2.75, 3.05) is 5.32 Å². The van der Waals surface area contributed by atoms with Gasteiger partial charge < -0.3 is 10.1 Å². The van der Waals surface area contributed by atoms with Gasteiger partial charge in [-0.05, 0) is 34.1 Å². The molecule has 1 atom stereocenters. The molecule has 39 heavy (non-hydrogen) atoms. The monoisotopic (exact) mass is 581 g/mol. The third-order valence-electron chi connectivity index (χ3n) is 5.99. The lowest BCUT2D eigenvalue weighted by Crippen LogP contribution is -2.26. The van der Waals surface area contributed by atoms with Crippen LogP contribution in [0.5, 0.6) is 0 Å². The van der Waals surface area contributed by atoms with Crippen molar-refractivity contribution < 1.29 is 19.2 Å². The molecule has 9 heteroatoms. The number of nitrogens with zero attached hydrogens (tertiary/aromatic N) is 2. The molecule has 0 spiro atoms. The second kappa shape index (κ2) is 11.2. The summed E-state index contributed by atoms with van der Waals surface area (Å²) in [4.78, 5) is 42.4. The number of pyridine rings is 1. The largest absolute Gasteiger partial charge is 0.444 e. The van der Waals surface area contributed by atoms with Crippen molar-refractivity contribution in [3.05, 3.63) is 135 Å². The zero-order valence-corrected chi connectivity index (χ0v) is 21.9. The topological polar surface area (TPSA) is 111 Å². The van der Waals surface area contributed by atoms with Crippen LogP contribution in [0.3, 0.4) is 0 Å². The number of carbonyl (C=O) groups excluding carboxylic acids is 2. The van der Waals surface area contributed by atoms with Gasteiger partial charge >= 0.3 is 5.97 Å². The number of fused-ring (bicyclic) bond motifs is 1. The highest BCUT2D eigenvalue weighted by Crippen LogP contribution is 2.31. The Morgan fingerprint density at radius 2 is 1.54 bits per heavy atom. The van der Waals surface area contributed by atoms with Crippen LogP contribution >= 0.6 is 15.9 Å². The Bertz CT molecular complexity index is 1690. The van der Waals surface area contributed by atoms with Crippen LogP contribution in [0.4, 0.5) is 11.4 Å². The van der Waals surface area contributed by atoms with Crippen LogP contribution in [0.2, 0.25) is 0 Å². The van der Waals surface area contributed by atoms with Gasteiger partial charge in [-0.15, -0.1) is 0 Å². The van der Waals surface area contributed by atoms with E-state index in [2.05, 4.69) is 21.2 Å². The number of benzene rings is 4. The average molecular weight is 582 g/mol. The predicted octanol–water partition coefficient (Wildman–Crippen LogP) is 7.11. The van der Waals surface area contributed by atoms with E-state index in [0.29, 0.717) is 32.3 Å². The molecule has 0 fully saturated rings. The lowest BCUT2D eigenvalue weighted by atomic mass is 10.0. The molecule has 0 saturated heterocycles. The van der Waals surface area contributed by atoms with Crippen LogP contribution < -0.4 is 5.32 Å². The molecular weight excluding hydrogens is 562 g/mol. The number of anilines is 1. The molecule has 1 unspecified atom stereocenters. The van der Waals surface area contributed by atoms with Crippen LogP contribution in [-0.2, 0) is 9.53 Å². The van der Waals surface area contributed by atoms with Gasteiger partial charge in [0.1, 0.15) is 0 Å². The van der Waals surface area contributed by atoms with Gasteiger partial charge in [-0.3, -0.25) is 14.9 Å². The molecule has 0 aliphatic carbocycles. The predicted molar refractivity (Wildman–Crippen MR) is 151 cm³/mol. The third kappa shape index (κ3) is 5.68. The van der Waals surface area contributed by atoms with Gasteiger partial charge in [-0.2, -0.15) is 0 Å². The van der Waals surface area contributed by atoms with Crippen LogP contribution in [0.25, 0.3) is 22.2 Å². The van der Waals surface area contributed by atoms with Gasteiger partial charge in [-0.1, -0.05) is 78.9 Å². The average Bonchev–Trinajstić information content (AvgIpc) is 2.97. The third-order valence-corrected chi connectivity index (χ3v) is 6.65. The molecule has 1 heterocycles. The Hall–Kier alpha value is -4.89. The van der Waals surface area contributed by atoms with E-state index < -0.39 is 22.9 Å². The van der Waals surface area contributed by atoms with Crippen molar-refractivity contribution >= 4 is 50.1 Å². The number of nitro groups is 1. The smallest absolute Gasteiger partial charge is 0.340 e. The number of halogens is 1. The molecule has 1 N–H and O–H groups in total. The highest BCUT2D eigenvalue weighted by Gasteiger charge is 2.28. The van der Waals surface area contributed by atoms with Gasteiger partial charge in [-0.25, -0.2) is 9.78 Å². The lowest BCUT2D eigenvalue weighted by Gasteiger charge is -2.19. The van der Waals surface area contributed by atoms with Crippen molar-refractivity contribution in [3.63, 3.8) is 0 Å². The van der Waals surface area contributed by atoms with Gasteiger partial charge in [0.2, 0.25) is 6.10 Å². The zero-order chi connectivity index (χ0) is 27.4. The molecule has 4 aromatic carbocycles. The van der Waals surface area contributed by atoms with E-state index in [9.17, 15) is 19.7 Å². The van der Waals surface area contributed by atoms with Crippen molar-refractivity contribution in [1.82, 2.24) is 4.98 Å². The molecule has 1 amide bonds. The van der Waals surface area contributed by atoms with Gasteiger partial charge in [0.05, 0.1) is 27.4 Å². The Morgan fingerprint density at radius 3 is 2.23 bits per heavy atom. The Morgan fingerprint density at radius 1 is 0.872 bits per heavy atom. The molecule has 5 rings (SSSR count). The van der Waals surface area contributed by atoms with Crippen LogP contribution in [-0.4, -0.2) is 21.8 Å². The number of hydrogen-bond acceptors (Lipinski definition) is 6. The van der Waals surface area contributed by atoms with Crippen molar-refractivity contribution in [2.45, 2.75) is 6.10 Å². The summed E-state index contributed by atoms with van der Waals surface area (Å²) in [6.45, 7) is 0. The quantitative estimate of drug-likeness (QED) is 0.124. The summed E-state index contributed by atoms with van der Waals surface area (Å²) >= 11 is 3.26. The molecule has 8 nitrogen and oxygen atoms in total. The van der Waals surface area contributed by atoms with E-state index in [1.807, 2.05) is 42.5 Å². The van der Waals surface area contributed by atoms with Crippen molar-refractivity contribution in [3.8, 4) is 11.3 Å². The molecule has 1 aromatic heterocycles. The number of carbonyl (C=O) groups is 2. The maximum atomic E-state index is 13.7. The number of ether oxygens (including phenoxy) is 1.